The maximum atomic E-state index is 9.51. The van der Waals surface area contributed by atoms with Gasteiger partial charge < -0.3 is 5.73 Å². The third-order valence-electron chi connectivity index (χ3n) is 0.492. The Bertz CT molecular complexity index is 50.2. The van der Waals surface area contributed by atoms with Crippen LogP contribution in [0.2, 0.25) is 0 Å². The molecular weight excluding hydrogens is 114 g/mol. The Hall–Kier alpha value is 0.0700. The maximum Gasteiger partial charge on any atom is 0.142 e. The van der Waals surface area contributed by atoms with Crippen molar-refractivity contribution in [3.63, 3.8) is 0 Å². The standard InChI is InChI=1S/C3H9NO2S/c4-2-1-3-6-7-5/h7H,1-4H2. The molecule has 0 aliphatic rings. The summed E-state index contributed by atoms with van der Waals surface area (Å²) in [5.74, 6) is 0. The van der Waals surface area contributed by atoms with Crippen LogP contribution in [0.25, 0.3) is 0 Å². The summed E-state index contributed by atoms with van der Waals surface area (Å²) >= 11 is -0.251. The van der Waals surface area contributed by atoms with Gasteiger partial charge in [-0.3, -0.25) is 4.18 Å². The Kier molecular flexibility index (Phi) is 6.13. The van der Waals surface area contributed by atoms with Crippen molar-refractivity contribution in [3.05, 3.63) is 0 Å². The first-order valence-corrected chi connectivity index (χ1v) is 2.79. The summed E-state index contributed by atoms with van der Waals surface area (Å²) in [5, 5.41) is 0. The largest absolute Gasteiger partial charge is 0.330 e. The van der Waals surface area contributed by atoms with E-state index in [-0.39, 0.29) is 11.9 Å². The van der Waals surface area contributed by atoms with Crippen molar-refractivity contribution in [2.75, 3.05) is 13.2 Å². The molecule has 0 radical (unpaired) electrons. The van der Waals surface area contributed by atoms with E-state index >= 15 is 0 Å². The van der Waals surface area contributed by atoms with E-state index in [4.69, 9.17) is 5.73 Å². The Morgan fingerprint density at radius 1 is 1.71 bits per heavy atom. The molecule has 0 unspecified atom stereocenters. The average molecular weight is 123 g/mol. The lowest BCUT2D eigenvalue weighted by Gasteiger charge is -1.88. The molecule has 0 amide bonds. The van der Waals surface area contributed by atoms with Crippen molar-refractivity contribution in [1.29, 1.82) is 0 Å². The van der Waals surface area contributed by atoms with Crippen molar-refractivity contribution < 1.29 is 8.39 Å². The third kappa shape index (κ3) is 6.07. The molecule has 0 aromatic rings. The van der Waals surface area contributed by atoms with E-state index in [0.717, 1.165) is 6.42 Å². The highest BCUT2D eigenvalue weighted by molar-refractivity contribution is 7.60. The van der Waals surface area contributed by atoms with Crippen LogP contribution in [0.1, 0.15) is 6.42 Å². The monoisotopic (exact) mass is 123 g/mol. The van der Waals surface area contributed by atoms with E-state index in [2.05, 4.69) is 4.18 Å². The molecule has 0 saturated heterocycles. The van der Waals surface area contributed by atoms with Gasteiger partial charge in [-0.05, 0) is 13.0 Å². The molecule has 0 aromatic heterocycles. The number of thiol groups is 1. The van der Waals surface area contributed by atoms with Gasteiger partial charge in [-0.2, -0.15) is 0 Å². The smallest absolute Gasteiger partial charge is 0.142 e. The van der Waals surface area contributed by atoms with Gasteiger partial charge >= 0.3 is 0 Å². The van der Waals surface area contributed by atoms with Crippen LogP contribution >= 0.6 is 0 Å². The van der Waals surface area contributed by atoms with Crippen LogP contribution in [-0.4, -0.2) is 17.4 Å². The van der Waals surface area contributed by atoms with Gasteiger partial charge in [-0.1, -0.05) is 0 Å². The maximum absolute atomic E-state index is 9.51. The Labute approximate surface area is 46.5 Å². The van der Waals surface area contributed by atoms with Crippen LogP contribution in [0.5, 0.6) is 0 Å². The zero-order chi connectivity index (χ0) is 5.54. The van der Waals surface area contributed by atoms with Crippen LogP contribution in [0.4, 0.5) is 0 Å². The van der Waals surface area contributed by atoms with Gasteiger partial charge in [0.05, 0.1) is 6.61 Å². The van der Waals surface area contributed by atoms with E-state index in [1.807, 2.05) is 0 Å². The first-order valence-electron chi connectivity index (χ1n) is 2.06. The summed E-state index contributed by atoms with van der Waals surface area (Å²) in [6.45, 7) is 1.08. The van der Waals surface area contributed by atoms with Crippen LogP contribution in [-0.2, 0) is 16.1 Å². The minimum Gasteiger partial charge on any atom is -0.330 e. The molecule has 0 fully saturated rings. The van der Waals surface area contributed by atoms with Gasteiger partial charge in [-0.25, -0.2) is 4.21 Å². The molecule has 0 aromatic carbocycles. The van der Waals surface area contributed by atoms with Gasteiger partial charge in [0, 0.05) is 0 Å². The Morgan fingerprint density at radius 2 is 2.43 bits per heavy atom. The SMILES string of the molecule is NCCCO[SH]=O. The highest BCUT2D eigenvalue weighted by Gasteiger charge is 1.78. The Balaban J connectivity index is 2.56. The number of hydrogen-bond acceptors (Lipinski definition) is 3. The summed E-state index contributed by atoms with van der Waals surface area (Å²) in [7, 11) is 0. The predicted molar refractivity (Wildman–Crippen MR) is 29.2 cm³/mol. The summed E-state index contributed by atoms with van der Waals surface area (Å²) in [4.78, 5) is 0. The molecule has 0 rings (SSSR count). The van der Waals surface area contributed by atoms with Crippen LogP contribution in [0.15, 0.2) is 0 Å². The molecule has 0 saturated carbocycles. The molecule has 0 aliphatic carbocycles. The fourth-order valence-electron chi connectivity index (χ4n) is 0.185. The minimum absolute atomic E-state index is 0.251. The molecule has 4 heteroatoms. The average Bonchev–Trinajstić information content (AvgIpc) is 1.69. The molecule has 0 aliphatic heterocycles. The molecule has 0 heterocycles. The van der Waals surface area contributed by atoms with Gasteiger partial charge in [0.25, 0.3) is 0 Å². The lowest BCUT2D eigenvalue weighted by atomic mass is 10.5. The number of nitrogens with two attached hydrogens (primary N) is 1. The van der Waals surface area contributed by atoms with Crippen LogP contribution in [0.3, 0.4) is 0 Å². The van der Waals surface area contributed by atoms with Crippen molar-refractivity contribution >= 4 is 11.9 Å². The minimum atomic E-state index is -0.251. The van der Waals surface area contributed by atoms with Gasteiger partial charge in [0.2, 0.25) is 0 Å². The van der Waals surface area contributed by atoms with Crippen LogP contribution in [0, 0.1) is 0 Å². The third-order valence-corrected chi connectivity index (χ3v) is 0.780. The second-order valence-corrected chi connectivity index (χ2v) is 1.46. The second kappa shape index (κ2) is 6.07. The summed E-state index contributed by atoms with van der Waals surface area (Å²) in [5.41, 5.74) is 5.08. The van der Waals surface area contributed by atoms with E-state index in [9.17, 15) is 4.21 Å². The van der Waals surface area contributed by atoms with Gasteiger partial charge in [-0.15, -0.1) is 0 Å². The number of hydrogen-bond donors (Lipinski definition) is 2. The summed E-state index contributed by atoms with van der Waals surface area (Å²) in [6.07, 6.45) is 0.773. The highest BCUT2D eigenvalue weighted by atomic mass is 32.2. The predicted octanol–water partition coefficient (Wildman–Crippen LogP) is -0.788. The summed E-state index contributed by atoms with van der Waals surface area (Å²) in [6, 6.07) is 0. The van der Waals surface area contributed by atoms with E-state index in [0.29, 0.717) is 13.2 Å². The lowest BCUT2D eigenvalue weighted by Crippen LogP contribution is -2.02. The Morgan fingerprint density at radius 3 is 2.86 bits per heavy atom. The van der Waals surface area contributed by atoms with E-state index in [1.165, 1.54) is 0 Å². The van der Waals surface area contributed by atoms with E-state index in [1.54, 1.807) is 0 Å². The van der Waals surface area contributed by atoms with E-state index < -0.39 is 0 Å². The zero-order valence-corrected chi connectivity index (χ0v) is 4.86. The summed E-state index contributed by atoms with van der Waals surface area (Å²) < 4.78 is 13.9. The molecule has 0 spiro atoms. The van der Waals surface area contributed by atoms with Crippen molar-refractivity contribution in [1.82, 2.24) is 0 Å². The van der Waals surface area contributed by atoms with Crippen molar-refractivity contribution in [3.8, 4) is 0 Å². The molecule has 7 heavy (non-hydrogen) atoms. The van der Waals surface area contributed by atoms with Gasteiger partial charge in [0.1, 0.15) is 11.9 Å². The molecular formula is C3H9NO2S. The normalized spacial score (nSPS) is 9.29. The van der Waals surface area contributed by atoms with Crippen LogP contribution < -0.4 is 5.73 Å². The quantitative estimate of drug-likeness (QED) is 0.380. The molecule has 2 N–H and O–H groups in total. The molecule has 0 atom stereocenters. The lowest BCUT2D eigenvalue weighted by molar-refractivity contribution is 0.353. The fraction of sp³-hybridized carbons (Fsp3) is 1.00. The zero-order valence-electron chi connectivity index (χ0n) is 3.96. The van der Waals surface area contributed by atoms with Gasteiger partial charge in [0.15, 0.2) is 0 Å². The highest BCUT2D eigenvalue weighted by Crippen LogP contribution is 1.73. The molecule has 0 bridgehead atoms. The fourth-order valence-corrected chi connectivity index (χ4v) is 0.389. The molecule has 44 valence electrons. The number of rotatable bonds is 4. The van der Waals surface area contributed by atoms with Crippen molar-refractivity contribution in [2.24, 2.45) is 5.73 Å². The molecule has 3 nitrogen and oxygen atoms in total. The van der Waals surface area contributed by atoms with Crippen molar-refractivity contribution in [2.45, 2.75) is 6.42 Å². The topological polar surface area (TPSA) is 52.3 Å². The second-order valence-electron chi connectivity index (χ2n) is 1.05. The first kappa shape index (κ1) is 7.07. The first-order chi connectivity index (χ1) is 3.41.